The molecule has 116 valence electrons. The van der Waals surface area contributed by atoms with E-state index in [0.717, 1.165) is 22.3 Å². The van der Waals surface area contributed by atoms with Crippen LogP contribution in [0.4, 0.5) is 11.8 Å². The van der Waals surface area contributed by atoms with Gasteiger partial charge < -0.3 is 16.6 Å². The topological polar surface area (TPSA) is 98.0 Å². The number of rotatable bonds is 2. The second kappa shape index (κ2) is 5.61. The standard InChI is InChI=1S/C18H18N4O/c1-10-6-11(2)8-13(7-10)16-15(17(19)22-18(20)21-16)12-4-3-5-14(23)9-12/h3-9,23H,1-2H3,(H4,19,20,21,22). The first kappa shape index (κ1) is 14.8. The summed E-state index contributed by atoms with van der Waals surface area (Å²) in [5, 5.41) is 9.76. The molecule has 23 heavy (non-hydrogen) atoms. The van der Waals surface area contributed by atoms with Crippen molar-refractivity contribution in [1.29, 1.82) is 0 Å². The van der Waals surface area contributed by atoms with Gasteiger partial charge in [-0.15, -0.1) is 0 Å². The number of phenols is 1. The van der Waals surface area contributed by atoms with Gasteiger partial charge in [-0.3, -0.25) is 0 Å². The molecule has 5 nitrogen and oxygen atoms in total. The van der Waals surface area contributed by atoms with Crippen LogP contribution in [-0.2, 0) is 0 Å². The first-order valence-electron chi connectivity index (χ1n) is 7.25. The van der Waals surface area contributed by atoms with E-state index in [9.17, 15) is 5.11 Å². The van der Waals surface area contributed by atoms with E-state index in [-0.39, 0.29) is 17.5 Å². The molecule has 3 rings (SSSR count). The van der Waals surface area contributed by atoms with Crippen molar-refractivity contribution in [1.82, 2.24) is 9.97 Å². The summed E-state index contributed by atoms with van der Waals surface area (Å²) in [6.07, 6.45) is 0. The van der Waals surface area contributed by atoms with Crippen LogP contribution in [0.2, 0.25) is 0 Å². The zero-order chi connectivity index (χ0) is 16.6. The molecule has 0 saturated carbocycles. The van der Waals surface area contributed by atoms with Crippen LogP contribution >= 0.6 is 0 Å². The Morgan fingerprint density at radius 1 is 0.870 bits per heavy atom. The summed E-state index contributed by atoms with van der Waals surface area (Å²) >= 11 is 0. The molecule has 0 aliphatic rings. The minimum absolute atomic E-state index is 0.126. The Morgan fingerprint density at radius 2 is 1.57 bits per heavy atom. The van der Waals surface area contributed by atoms with Gasteiger partial charge in [-0.2, -0.15) is 4.98 Å². The maximum absolute atomic E-state index is 9.76. The molecule has 0 unspecified atom stereocenters. The third kappa shape index (κ3) is 2.94. The molecule has 1 heterocycles. The van der Waals surface area contributed by atoms with Gasteiger partial charge in [-0.05, 0) is 43.7 Å². The third-order valence-corrected chi connectivity index (χ3v) is 3.58. The van der Waals surface area contributed by atoms with Crippen molar-refractivity contribution >= 4 is 11.8 Å². The molecule has 2 aromatic carbocycles. The van der Waals surface area contributed by atoms with E-state index in [1.165, 1.54) is 0 Å². The summed E-state index contributed by atoms with van der Waals surface area (Å²) in [7, 11) is 0. The molecule has 1 aromatic heterocycles. The molecule has 0 bridgehead atoms. The number of anilines is 2. The Morgan fingerprint density at radius 3 is 2.22 bits per heavy atom. The molecule has 0 atom stereocenters. The average Bonchev–Trinajstić information content (AvgIpc) is 2.45. The van der Waals surface area contributed by atoms with Crippen LogP contribution in [0.5, 0.6) is 5.75 Å². The normalized spacial score (nSPS) is 10.7. The van der Waals surface area contributed by atoms with Gasteiger partial charge in [-0.1, -0.05) is 29.3 Å². The van der Waals surface area contributed by atoms with Crippen LogP contribution < -0.4 is 11.5 Å². The molecule has 3 aromatic rings. The summed E-state index contributed by atoms with van der Waals surface area (Å²) in [6, 6.07) is 13.0. The first-order chi connectivity index (χ1) is 10.9. The van der Waals surface area contributed by atoms with Crippen LogP contribution in [0.1, 0.15) is 11.1 Å². The number of nitrogens with two attached hydrogens (primary N) is 2. The Labute approximate surface area is 134 Å². The van der Waals surface area contributed by atoms with Crippen LogP contribution in [0.3, 0.4) is 0 Å². The van der Waals surface area contributed by atoms with Gasteiger partial charge in [0.25, 0.3) is 0 Å². The fourth-order valence-electron chi connectivity index (χ4n) is 2.76. The lowest BCUT2D eigenvalue weighted by molar-refractivity contribution is 0.475. The summed E-state index contributed by atoms with van der Waals surface area (Å²) in [5.74, 6) is 0.572. The summed E-state index contributed by atoms with van der Waals surface area (Å²) in [6.45, 7) is 4.05. The zero-order valence-corrected chi connectivity index (χ0v) is 13.0. The molecule has 0 aliphatic heterocycles. The fourth-order valence-corrected chi connectivity index (χ4v) is 2.76. The van der Waals surface area contributed by atoms with Crippen molar-refractivity contribution in [2.75, 3.05) is 11.5 Å². The lowest BCUT2D eigenvalue weighted by Crippen LogP contribution is -2.04. The lowest BCUT2D eigenvalue weighted by Gasteiger charge is -2.13. The van der Waals surface area contributed by atoms with Crippen LogP contribution in [0.25, 0.3) is 22.4 Å². The summed E-state index contributed by atoms with van der Waals surface area (Å²) < 4.78 is 0. The molecule has 0 aliphatic carbocycles. The maximum Gasteiger partial charge on any atom is 0.222 e. The van der Waals surface area contributed by atoms with Gasteiger partial charge >= 0.3 is 0 Å². The predicted octanol–water partition coefficient (Wildman–Crippen LogP) is 3.30. The SMILES string of the molecule is Cc1cc(C)cc(-c2nc(N)nc(N)c2-c2cccc(O)c2)c1. The predicted molar refractivity (Wildman–Crippen MR) is 92.9 cm³/mol. The summed E-state index contributed by atoms with van der Waals surface area (Å²) in [4.78, 5) is 8.47. The average molecular weight is 306 g/mol. The van der Waals surface area contributed by atoms with Crippen molar-refractivity contribution in [3.8, 4) is 28.1 Å². The monoisotopic (exact) mass is 306 g/mol. The molecular weight excluding hydrogens is 288 g/mol. The quantitative estimate of drug-likeness (QED) is 0.675. The highest BCUT2D eigenvalue weighted by Crippen LogP contribution is 2.36. The molecule has 5 heteroatoms. The number of nitrogen functional groups attached to an aromatic ring is 2. The van der Waals surface area contributed by atoms with Gasteiger partial charge in [0.2, 0.25) is 5.95 Å². The number of hydrogen-bond donors (Lipinski definition) is 3. The number of hydrogen-bond acceptors (Lipinski definition) is 5. The molecule has 5 N–H and O–H groups in total. The number of benzene rings is 2. The maximum atomic E-state index is 9.76. The highest BCUT2D eigenvalue weighted by molar-refractivity contribution is 5.88. The molecule has 0 saturated heterocycles. The fraction of sp³-hybridized carbons (Fsp3) is 0.111. The highest BCUT2D eigenvalue weighted by Gasteiger charge is 2.16. The van der Waals surface area contributed by atoms with Gasteiger partial charge in [-0.25, -0.2) is 4.98 Å². The summed E-state index contributed by atoms with van der Waals surface area (Å²) in [5.41, 5.74) is 17.1. The minimum atomic E-state index is 0.126. The van der Waals surface area contributed by atoms with E-state index in [2.05, 4.69) is 16.0 Å². The van der Waals surface area contributed by atoms with Gasteiger partial charge in [0.05, 0.1) is 11.3 Å². The molecule has 0 fully saturated rings. The Balaban J connectivity index is 2.32. The lowest BCUT2D eigenvalue weighted by atomic mass is 9.97. The first-order valence-corrected chi connectivity index (χ1v) is 7.25. The van der Waals surface area contributed by atoms with Gasteiger partial charge in [0.1, 0.15) is 11.6 Å². The number of aromatic hydroxyl groups is 1. The molecule has 0 amide bonds. The van der Waals surface area contributed by atoms with Crippen LogP contribution in [-0.4, -0.2) is 15.1 Å². The van der Waals surface area contributed by atoms with Gasteiger partial charge in [0, 0.05) is 5.56 Å². The highest BCUT2D eigenvalue weighted by atomic mass is 16.3. The number of phenolic OH excluding ortho intramolecular Hbond substituents is 1. The smallest absolute Gasteiger partial charge is 0.222 e. The van der Waals surface area contributed by atoms with Crippen molar-refractivity contribution in [2.24, 2.45) is 0 Å². The van der Waals surface area contributed by atoms with E-state index >= 15 is 0 Å². The van der Waals surface area contributed by atoms with E-state index in [0.29, 0.717) is 11.3 Å². The van der Waals surface area contributed by atoms with Crippen LogP contribution in [0.15, 0.2) is 42.5 Å². The second-order valence-electron chi connectivity index (χ2n) is 5.62. The van der Waals surface area contributed by atoms with E-state index in [4.69, 9.17) is 11.5 Å². The van der Waals surface area contributed by atoms with E-state index < -0.39 is 0 Å². The third-order valence-electron chi connectivity index (χ3n) is 3.58. The van der Waals surface area contributed by atoms with E-state index in [1.54, 1.807) is 18.2 Å². The zero-order valence-electron chi connectivity index (χ0n) is 13.0. The van der Waals surface area contributed by atoms with E-state index in [1.807, 2.05) is 32.0 Å². The minimum Gasteiger partial charge on any atom is -0.508 e. The van der Waals surface area contributed by atoms with Crippen molar-refractivity contribution < 1.29 is 5.11 Å². The Kier molecular flexibility index (Phi) is 3.62. The van der Waals surface area contributed by atoms with Crippen LogP contribution in [0, 0.1) is 13.8 Å². The Hall–Kier alpha value is -3.08. The van der Waals surface area contributed by atoms with Crippen molar-refractivity contribution in [3.63, 3.8) is 0 Å². The van der Waals surface area contributed by atoms with Crippen molar-refractivity contribution in [2.45, 2.75) is 13.8 Å². The Bertz CT molecular complexity index is 870. The van der Waals surface area contributed by atoms with Crippen molar-refractivity contribution in [3.05, 3.63) is 53.6 Å². The second-order valence-corrected chi connectivity index (χ2v) is 5.62. The molecule has 0 spiro atoms. The van der Waals surface area contributed by atoms with Gasteiger partial charge in [0.15, 0.2) is 0 Å². The number of nitrogens with zero attached hydrogens (tertiary/aromatic N) is 2. The molecular formula is C18H18N4O. The largest absolute Gasteiger partial charge is 0.508 e. The number of aryl methyl sites for hydroxylation is 2. The number of aromatic nitrogens is 2. The molecule has 0 radical (unpaired) electrons.